The van der Waals surface area contributed by atoms with Gasteiger partial charge in [-0.05, 0) is 44.2 Å². The lowest BCUT2D eigenvalue weighted by molar-refractivity contribution is 0.0603. The minimum atomic E-state index is 0.103. The summed E-state index contributed by atoms with van der Waals surface area (Å²) in [7, 11) is 0. The summed E-state index contributed by atoms with van der Waals surface area (Å²) in [6.07, 6.45) is 11.5. The van der Waals surface area contributed by atoms with Crippen LogP contribution in [0.25, 0.3) is 0 Å². The number of hydrogen-bond donors (Lipinski definition) is 0. The number of aryl methyl sites for hydroxylation is 2. The van der Waals surface area contributed by atoms with E-state index in [0.717, 1.165) is 36.6 Å². The van der Waals surface area contributed by atoms with Crippen molar-refractivity contribution in [1.82, 2.24) is 19.4 Å². The number of carbonyl (C=O) groups is 1. The Kier molecular flexibility index (Phi) is 4.08. The number of aromatic nitrogens is 3. The zero-order valence-electron chi connectivity index (χ0n) is 14.2. The maximum Gasteiger partial charge on any atom is 0.254 e. The Morgan fingerprint density at radius 2 is 1.96 bits per heavy atom. The van der Waals surface area contributed by atoms with Crippen LogP contribution in [0.1, 0.15) is 60.0 Å². The normalized spacial score (nSPS) is 21.5. The summed E-state index contributed by atoms with van der Waals surface area (Å²) in [5, 5.41) is 0. The van der Waals surface area contributed by atoms with E-state index in [2.05, 4.69) is 25.6 Å². The number of rotatable bonds is 2. The van der Waals surface area contributed by atoms with Gasteiger partial charge >= 0.3 is 0 Å². The highest BCUT2D eigenvalue weighted by molar-refractivity contribution is 5.94. The van der Waals surface area contributed by atoms with E-state index >= 15 is 0 Å². The first kappa shape index (κ1) is 15.4. The van der Waals surface area contributed by atoms with Gasteiger partial charge in [0, 0.05) is 42.9 Å². The molecule has 0 spiro atoms. The zero-order valence-corrected chi connectivity index (χ0v) is 14.2. The molecule has 3 heterocycles. The van der Waals surface area contributed by atoms with E-state index in [1.165, 1.54) is 25.7 Å². The van der Waals surface area contributed by atoms with Crippen LogP contribution in [0, 0.1) is 12.8 Å². The summed E-state index contributed by atoms with van der Waals surface area (Å²) in [5.74, 6) is 1.71. The predicted octanol–water partition coefficient (Wildman–Crippen LogP) is 3.36. The Balaban J connectivity index is 1.72. The fraction of sp³-hybridized carbons (Fsp3) is 0.526. The summed E-state index contributed by atoms with van der Waals surface area (Å²) in [6.45, 7) is 3.67. The molecule has 0 radical (unpaired) electrons. The van der Waals surface area contributed by atoms with Crippen LogP contribution in [0.4, 0.5) is 0 Å². The molecule has 1 saturated carbocycles. The first-order valence-corrected chi connectivity index (χ1v) is 8.98. The summed E-state index contributed by atoms with van der Waals surface area (Å²) >= 11 is 0. The van der Waals surface area contributed by atoms with Crippen molar-refractivity contribution in [1.29, 1.82) is 0 Å². The Bertz CT molecular complexity index is 732. The molecule has 2 aromatic rings. The van der Waals surface area contributed by atoms with Crippen molar-refractivity contribution in [2.45, 2.75) is 51.6 Å². The van der Waals surface area contributed by atoms with Crippen molar-refractivity contribution in [3.8, 4) is 0 Å². The minimum absolute atomic E-state index is 0.103. The molecule has 0 N–H and O–H groups in total. The van der Waals surface area contributed by atoms with Gasteiger partial charge in [-0.2, -0.15) is 0 Å². The van der Waals surface area contributed by atoms with Crippen molar-refractivity contribution < 1.29 is 4.79 Å². The molecule has 2 aliphatic rings. The van der Waals surface area contributed by atoms with Crippen molar-refractivity contribution in [3.63, 3.8) is 0 Å². The molecule has 0 aromatic carbocycles. The highest BCUT2D eigenvalue weighted by atomic mass is 16.2. The van der Waals surface area contributed by atoms with E-state index in [9.17, 15) is 4.79 Å². The molecule has 1 amide bonds. The van der Waals surface area contributed by atoms with Gasteiger partial charge in [0.25, 0.3) is 5.91 Å². The molecule has 126 valence electrons. The molecule has 5 nitrogen and oxygen atoms in total. The molecule has 4 rings (SSSR count). The maximum absolute atomic E-state index is 13.3. The van der Waals surface area contributed by atoms with Crippen LogP contribution in [0.15, 0.2) is 30.7 Å². The van der Waals surface area contributed by atoms with Gasteiger partial charge in [0.1, 0.15) is 5.82 Å². The number of carbonyl (C=O) groups excluding carboxylic acids is 1. The predicted molar refractivity (Wildman–Crippen MR) is 91.6 cm³/mol. The van der Waals surface area contributed by atoms with Crippen LogP contribution in [0.2, 0.25) is 0 Å². The zero-order chi connectivity index (χ0) is 16.5. The third kappa shape index (κ3) is 2.72. The van der Waals surface area contributed by atoms with Crippen LogP contribution in [-0.4, -0.2) is 31.9 Å². The quantitative estimate of drug-likeness (QED) is 0.851. The van der Waals surface area contributed by atoms with Gasteiger partial charge in [-0.3, -0.25) is 9.78 Å². The van der Waals surface area contributed by atoms with E-state index in [1.807, 2.05) is 25.3 Å². The molecule has 5 heteroatoms. The molecule has 1 fully saturated rings. The van der Waals surface area contributed by atoms with Gasteiger partial charge < -0.3 is 9.47 Å². The van der Waals surface area contributed by atoms with Crippen LogP contribution in [0.5, 0.6) is 0 Å². The molecule has 2 aromatic heterocycles. The number of fused-ring (bicyclic) bond motifs is 1. The van der Waals surface area contributed by atoms with Crippen molar-refractivity contribution in [3.05, 3.63) is 47.8 Å². The lowest BCUT2D eigenvalue weighted by atomic mass is 9.95. The topological polar surface area (TPSA) is 51.0 Å². The monoisotopic (exact) mass is 324 g/mol. The third-order valence-corrected chi connectivity index (χ3v) is 5.40. The Labute approximate surface area is 142 Å². The van der Waals surface area contributed by atoms with Crippen molar-refractivity contribution >= 4 is 5.91 Å². The van der Waals surface area contributed by atoms with Crippen LogP contribution < -0.4 is 0 Å². The van der Waals surface area contributed by atoms with Crippen molar-refractivity contribution in [2.75, 3.05) is 6.54 Å². The number of amides is 1. The highest BCUT2D eigenvalue weighted by Crippen LogP contribution is 2.40. The average molecular weight is 324 g/mol. The number of imidazole rings is 1. The van der Waals surface area contributed by atoms with E-state index in [1.54, 1.807) is 6.20 Å². The molecule has 24 heavy (non-hydrogen) atoms. The molecule has 0 saturated heterocycles. The van der Waals surface area contributed by atoms with E-state index in [4.69, 9.17) is 0 Å². The van der Waals surface area contributed by atoms with E-state index in [-0.39, 0.29) is 11.9 Å². The number of nitrogens with zero attached hydrogens (tertiary/aromatic N) is 4. The Morgan fingerprint density at radius 1 is 1.12 bits per heavy atom. The van der Waals surface area contributed by atoms with E-state index < -0.39 is 0 Å². The summed E-state index contributed by atoms with van der Waals surface area (Å²) in [4.78, 5) is 24.2. The standard InChI is InChI=1S/C19H24N4O/c1-14-13-16(7-8-20-14)19(24)23-11-4-10-22-12-9-21-18(22)17(23)15-5-2-3-6-15/h7-9,12-13,15,17H,2-6,10-11H2,1H3. The van der Waals surface area contributed by atoms with Gasteiger partial charge in [-0.1, -0.05) is 12.8 Å². The average Bonchev–Trinajstić information content (AvgIpc) is 3.24. The number of hydrogen-bond acceptors (Lipinski definition) is 3. The minimum Gasteiger partial charge on any atom is -0.333 e. The summed E-state index contributed by atoms with van der Waals surface area (Å²) < 4.78 is 2.24. The molecule has 1 aliphatic carbocycles. The molecule has 1 aliphatic heterocycles. The smallest absolute Gasteiger partial charge is 0.254 e. The second kappa shape index (κ2) is 6.38. The molecule has 0 bridgehead atoms. The summed E-state index contributed by atoms with van der Waals surface area (Å²) in [6, 6.07) is 3.83. The fourth-order valence-corrected chi connectivity index (χ4v) is 4.28. The van der Waals surface area contributed by atoms with Crippen LogP contribution in [0.3, 0.4) is 0 Å². The molecule has 1 atom stereocenters. The fourth-order valence-electron chi connectivity index (χ4n) is 4.28. The Hall–Kier alpha value is -2.17. The van der Waals surface area contributed by atoms with E-state index in [0.29, 0.717) is 5.92 Å². The first-order chi connectivity index (χ1) is 11.7. The second-order valence-electron chi connectivity index (χ2n) is 7.01. The maximum atomic E-state index is 13.3. The van der Waals surface area contributed by atoms with Gasteiger partial charge in [0.05, 0.1) is 6.04 Å². The SMILES string of the molecule is Cc1cc(C(=O)N2CCCn3ccnc3C2C2CCCC2)ccn1. The lowest BCUT2D eigenvalue weighted by Gasteiger charge is -2.33. The molecular weight excluding hydrogens is 300 g/mol. The lowest BCUT2D eigenvalue weighted by Crippen LogP contribution is -2.38. The van der Waals surface area contributed by atoms with Crippen LogP contribution in [-0.2, 0) is 6.54 Å². The summed E-state index contributed by atoms with van der Waals surface area (Å²) in [5.41, 5.74) is 1.63. The van der Waals surface area contributed by atoms with Gasteiger partial charge in [0.2, 0.25) is 0 Å². The van der Waals surface area contributed by atoms with Gasteiger partial charge in [-0.25, -0.2) is 4.98 Å². The van der Waals surface area contributed by atoms with Crippen LogP contribution >= 0.6 is 0 Å². The van der Waals surface area contributed by atoms with Gasteiger partial charge in [-0.15, -0.1) is 0 Å². The highest BCUT2D eigenvalue weighted by Gasteiger charge is 2.38. The second-order valence-corrected chi connectivity index (χ2v) is 7.01. The number of pyridine rings is 1. The third-order valence-electron chi connectivity index (χ3n) is 5.40. The largest absolute Gasteiger partial charge is 0.333 e. The van der Waals surface area contributed by atoms with Crippen molar-refractivity contribution in [2.24, 2.45) is 5.92 Å². The van der Waals surface area contributed by atoms with Gasteiger partial charge in [0.15, 0.2) is 0 Å². The molecular formula is C19H24N4O. The Morgan fingerprint density at radius 3 is 2.75 bits per heavy atom. The molecule has 1 unspecified atom stereocenters. The first-order valence-electron chi connectivity index (χ1n) is 8.98.